The molecule has 7 heteroatoms. The van der Waals surface area contributed by atoms with E-state index in [1.165, 1.54) is 5.56 Å². The number of carbonyl (C=O) groups is 1. The van der Waals surface area contributed by atoms with Crippen molar-refractivity contribution in [3.8, 4) is 0 Å². The van der Waals surface area contributed by atoms with Crippen LogP contribution in [0.3, 0.4) is 0 Å². The van der Waals surface area contributed by atoms with Crippen LogP contribution in [0.5, 0.6) is 0 Å². The quantitative estimate of drug-likeness (QED) is 0.175. The largest absolute Gasteiger partial charge is 0.511 e. The van der Waals surface area contributed by atoms with Crippen LogP contribution in [0.2, 0.25) is 0 Å². The third kappa shape index (κ3) is 7.44. The second-order valence-electron chi connectivity index (χ2n) is 10.1. The molecule has 0 amide bonds. The second kappa shape index (κ2) is 12.0. The summed E-state index contributed by atoms with van der Waals surface area (Å²) in [6.07, 6.45) is 0.119. The summed E-state index contributed by atoms with van der Waals surface area (Å²) in [7, 11) is 1.72. The summed E-state index contributed by atoms with van der Waals surface area (Å²) in [6.45, 7) is 19.1. The Bertz CT molecular complexity index is 1060. The van der Waals surface area contributed by atoms with E-state index < -0.39 is 12.4 Å². The molecule has 1 heterocycles. The Balaban J connectivity index is 2.61. The van der Waals surface area contributed by atoms with Crippen molar-refractivity contribution in [3.63, 3.8) is 0 Å². The zero-order valence-corrected chi connectivity index (χ0v) is 22.9. The van der Waals surface area contributed by atoms with Crippen LogP contribution in [0, 0.1) is 19.8 Å². The average Bonchev–Trinajstić information content (AvgIpc) is 3.07. The number of hydrogen-bond acceptors (Lipinski definition) is 6. The Morgan fingerprint density at radius 2 is 1.74 bits per heavy atom. The Morgan fingerprint density at radius 3 is 2.26 bits per heavy atom. The lowest BCUT2D eigenvalue weighted by atomic mass is 9.86. The van der Waals surface area contributed by atoms with Gasteiger partial charge in [0.2, 0.25) is 6.29 Å². The number of aromatic nitrogens is 2. The molecule has 0 aliphatic rings. The van der Waals surface area contributed by atoms with Crippen LogP contribution >= 0.6 is 0 Å². The number of hydrogen-bond donors (Lipinski definition) is 0. The van der Waals surface area contributed by atoms with Gasteiger partial charge in [-0.05, 0) is 43.2 Å². The van der Waals surface area contributed by atoms with Crippen molar-refractivity contribution in [3.05, 3.63) is 52.3 Å². The smallest absolute Gasteiger partial charge is 0.452 e. The molecule has 2 rings (SSSR count). The predicted octanol–water partition coefficient (Wildman–Crippen LogP) is 6.56. The molecule has 35 heavy (non-hydrogen) atoms. The highest BCUT2D eigenvalue weighted by molar-refractivity contribution is 6.18. The third-order valence-electron chi connectivity index (χ3n) is 5.59. The van der Waals surface area contributed by atoms with Crippen molar-refractivity contribution in [2.45, 2.75) is 80.6 Å². The summed E-state index contributed by atoms with van der Waals surface area (Å²) in [5.41, 5.74) is 5.70. The molecule has 1 unspecified atom stereocenters. The van der Waals surface area contributed by atoms with Crippen LogP contribution in [0.1, 0.15) is 76.5 Å². The predicted molar refractivity (Wildman–Crippen MR) is 142 cm³/mol. The Labute approximate surface area is 210 Å². The lowest BCUT2D eigenvalue weighted by Gasteiger charge is -2.22. The minimum absolute atomic E-state index is 0.0355. The molecule has 0 radical (unpaired) electrons. The topological polar surface area (TPSA) is 74.9 Å². The van der Waals surface area contributed by atoms with E-state index in [-0.39, 0.29) is 17.9 Å². The van der Waals surface area contributed by atoms with Gasteiger partial charge in [0.1, 0.15) is 5.69 Å². The molecule has 0 aliphatic heterocycles. The molecule has 0 bridgehead atoms. The van der Waals surface area contributed by atoms with Gasteiger partial charge in [0.25, 0.3) is 0 Å². The molecule has 0 spiro atoms. The number of allylic oxidation sites excluding steroid dienone is 1. The summed E-state index contributed by atoms with van der Waals surface area (Å²) >= 11 is 0. The van der Waals surface area contributed by atoms with E-state index in [0.29, 0.717) is 12.3 Å². The monoisotopic (exact) mass is 483 g/mol. The van der Waals surface area contributed by atoms with Gasteiger partial charge >= 0.3 is 6.16 Å². The highest BCUT2D eigenvalue weighted by atomic mass is 16.8. The maximum absolute atomic E-state index is 12.2. The molecular weight excluding hydrogens is 442 g/mol. The fourth-order valence-electron chi connectivity index (χ4n) is 3.57. The Morgan fingerprint density at radius 1 is 1.11 bits per heavy atom. The summed E-state index contributed by atoms with van der Waals surface area (Å²) in [6, 6.07) is 8.38. The van der Waals surface area contributed by atoms with Crippen LogP contribution in [0.25, 0.3) is 11.3 Å². The van der Waals surface area contributed by atoms with Crippen LogP contribution in [-0.4, -0.2) is 42.1 Å². The fourth-order valence-corrected chi connectivity index (χ4v) is 3.57. The van der Waals surface area contributed by atoms with Crippen LogP contribution in [0.4, 0.5) is 4.79 Å². The van der Waals surface area contributed by atoms with Gasteiger partial charge in [0.15, 0.2) is 5.76 Å². The molecule has 1 aromatic heterocycles. The number of ether oxygens (including phenoxy) is 3. The molecule has 0 N–H and O–H groups in total. The van der Waals surface area contributed by atoms with Gasteiger partial charge in [-0.3, -0.25) is 9.67 Å². The van der Waals surface area contributed by atoms with E-state index in [2.05, 4.69) is 55.1 Å². The summed E-state index contributed by atoms with van der Waals surface area (Å²) in [5.74, 6) is 0.755. The van der Waals surface area contributed by atoms with Gasteiger partial charge in [-0.1, -0.05) is 58.9 Å². The average molecular weight is 484 g/mol. The fraction of sp³-hybridized carbons (Fsp3) is 0.536. The first-order valence-corrected chi connectivity index (χ1v) is 12.2. The van der Waals surface area contributed by atoms with E-state index in [4.69, 9.17) is 14.2 Å². The maximum Gasteiger partial charge on any atom is 0.511 e. The van der Waals surface area contributed by atoms with Crippen molar-refractivity contribution < 1.29 is 19.0 Å². The number of benzene rings is 1. The molecule has 192 valence electrons. The summed E-state index contributed by atoms with van der Waals surface area (Å²) < 4.78 is 18.8. The lowest BCUT2D eigenvalue weighted by molar-refractivity contribution is -0.0690. The molecule has 0 fully saturated rings. The first-order chi connectivity index (χ1) is 16.4. The van der Waals surface area contributed by atoms with Crippen LogP contribution < -0.4 is 0 Å². The summed E-state index contributed by atoms with van der Waals surface area (Å²) in [5, 5.41) is 4.67. The van der Waals surface area contributed by atoms with E-state index in [1.54, 1.807) is 20.2 Å². The van der Waals surface area contributed by atoms with Crippen molar-refractivity contribution in [2.75, 3.05) is 13.7 Å². The van der Waals surface area contributed by atoms with Crippen molar-refractivity contribution >= 4 is 23.7 Å². The standard InChI is InChI=1S/C28H41N3O4/c1-11-31-25(19(4)20(5)30-31)26(34-21(6)35-27(32)33-17-18(2)3)24(16-29-10)22-12-14-23(15-13-22)28(7,8)9/h12-16,18,21H,11,17H2,1-10H3/b26-24-,29-16?. The second-order valence-corrected chi connectivity index (χ2v) is 10.1. The molecule has 2 aromatic rings. The van der Waals surface area contributed by atoms with Crippen molar-refractivity contribution in [2.24, 2.45) is 10.9 Å². The van der Waals surface area contributed by atoms with E-state index in [9.17, 15) is 4.79 Å². The molecule has 7 nitrogen and oxygen atoms in total. The number of aryl methyl sites for hydroxylation is 2. The van der Waals surface area contributed by atoms with Crippen molar-refractivity contribution in [1.82, 2.24) is 9.78 Å². The van der Waals surface area contributed by atoms with E-state index in [0.717, 1.165) is 28.1 Å². The molecule has 1 atom stereocenters. The maximum atomic E-state index is 12.2. The highest BCUT2D eigenvalue weighted by Crippen LogP contribution is 2.32. The minimum atomic E-state index is -0.890. The first-order valence-electron chi connectivity index (χ1n) is 12.2. The molecular formula is C28H41N3O4. The Hall–Kier alpha value is -3.09. The third-order valence-corrected chi connectivity index (χ3v) is 5.59. The van der Waals surface area contributed by atoms with Crippen LogP contribution in [0.15, 0.2) is 29.3 Å². The first kappa shape index (κ1) is 28.1. The number of carbonyl (C=O) groups excluding carboxylic acids is 1. The van der Waals surface area contributed by atoms with Gasteiger partial charge in [-0.2, -0.15) is 5.10 Å². The van der Waals surface area contributed by atoms with Crippen molar-refractivity contribution in [1.29, 1.82) is 0 Å². The number of aliphatic imine (C=N–C) groups is 1. The normalized spacial score (nSPS) is 13.7. The van der Waals surface area contributed by atoms with E-state index >= 15 is 0 Å². The minimum Gasteiger partial charge on any atom is -0.452 e. The lowest BCUT2D eigenvalue weighted by Crippen LogP contribution is -2.21. The molecule has 1 aromatic carbocycles. The van der Waals surface area contributed by atoms with E-state index in [1.807, 2.05) is 39.3 Å². The molecule has 0 saturated carbocycles. The van der Waals surface area contributed by atoms with Gasteiger partial charge in [0, 0.05) is 37.9 Å². The zero-order valence-electron chi connectivity index (χ0n) is 22.9. The van der Waals surface area contributed by atoms with Gasteiger partial charge in [-0.25, -0.2) is 4.79 Å². The molecule has 0 saturated heterocycles. The number of nitrogens with zero attached hydrogens (tertiary/aromatic N) is 3. The number of rotatable bonds is 9. The highest BCUT2D eigenvalue weighted by Gasteiger charge is 2.25. The summed E-state index contributed by atoms with van der Waals surface area (Å²) in [4.78, 5) is 16.5. The Kier molecular flexibility index (Phi) is 9.69. The molecule has 0 aliphatic carbocycles. The zero-order chi connectivity index (χ0) is 26.3. The van der Waals surface area contributed by atoms with Gasteiger partial charge < -0.3 is 14.2 Å². The SMILES string of the molecule is CCn1nc(C)c(C)c1/C(OC(C)OC(=O)OCC(C)C)=C(\C=NC)c1ccc(C(C)(C)C)cc1. The van der Waals surface area contributed by atoms with Crippen LogP contribution in [-0.2, 0) is 26.2 Å². The van der Waals surface area contributed by atoms with Gasteiger partial charge in [-0.15, -0.1) is 0 Å². The van der Waals surface area contributed by atoms with Gasteiger partial charge in [0.05, 0.1) is 12.3 Å².